The van der Waals surface area contributed by atoms with Gasteiger partial charge in [0, 0.05) is 12.6 Å². The second-order valence-corrected chi connectivity index (χ2v) is 4.82. The number of hydrogen-bond acceptors (Lipinski definition) is 2. The van der Waals surface area contributed by atoms with Crippen molar-refractivity contribution in [2.45, 2.75) is 38.6 Å². The van der Waals surface area contributed by atoms with E-state index < -0.39 is 0 Å². The number of rotatable bonds is 6. The summed E-state index contributed by atoms with van der Waals surface area (Å²) >= 11 is 0. The summed E-state index contributed by atoms with van der Waals surface area (Å²) in [6.45, 7) is 4.01. The number of hydrogen-bond donors (Lipinski definition) is 1. The van der Waals surface area contributed by atoms with Gasteiger partial charge in [-0.3, -0.25) is 0 Å². The van der Waals surface area contributed by atoms with Crippen LogP contribution in [0.3, 0.4) is 0 Å². The van der Waals surface area contributed by atoms with E-state index in [1.807, 2.05) is 30.3 Å². The predicted molar refractivity (Wildman–Crippen MR) is 71.4 cm³/mol. The van der Waals surface area contributed by atoms with Crippen molar-refractivity contribution in [1.29, 1.82) is 0 Å². The summed E-state index contributed by atoms with van der Waals surface area (Å²) in [5.74, 6) is 1.85. The van der Waals surface area contributed by atoms with Gasteiger partial charge in [0.05, 0.1) is 0 Å². The zero-order chi connectivity index (χ0) is 11.9. The lowest BCUT2D eigenvalue weighted by atomic mass is 10.0. The van der Waals surface area contributed by atoms with Gasteiger partial charge in [0.25, 0.3) is 0 Å². The molecule has 0 aliphatic heterocycles. The highest BCUT2D eigenvalue weighted by atomic mass is 16.5. The Morgan fingerprint density at radius 1 is 1.24 bits per heavy atom. The molecule has 2 nitrogen and oxygen atoms in total. The maximum Gasteiger partial charge on any atom is 0.119 e. The van der Waals surface area contributed by atoms with E-state index in [4.69, 9.17) is 4.74 Å². The number of nitrogens with one attached hydrogen (secondary N) is 1. The van der Waals surface area contributed by atoms with Crippen LogP contribution in [0.15, 0.2) is 30.3 Å². The first-order chi connectivity index (χ1) is 8.40. The van der Waals surface area contributed by atoms with Crippen LogP contribution >= 0.6 is 0 Å². The van der Waals surface area contributed by atoms with Crippen molar-refractivity contribution in [3.8, 4) is 5.75 Å². The minimum atomic E-state index is 0.722. The van der Waals surface area contributed by atoms with Gasteiger partial charge < -0.3 is 10.1 Å². The molecule has 1 N–H and O–H groups in total. The van der Waals surface area contributed by atoms with Crippen LogP contribution in [-0.2, 0) is 0 Å². The summed E-state index contributed by atoms with van der Waals surface area (Å²) < 4.78 is 5.67. The Labute approximate surface area is 104 Å². The van der Waals surface area contributed by atoms with Gasteiger partial charge in [0.2, 0.25) is 0 Å². The summed E-state index contributed by atoms with van der Waals surface area (Å²) in [7, 11) is 0. The van der Waals surface area contributed by atoms with Crippen LogP contribution in [0.2, 0.25) is 0 Å². The van der Waals surface area contributed by atoms with Crippen LogP contribution in [-0.4, -0.2) is 19.2 Å². The summed E-state index contributed by atoms with van der Waals surface area (Å²) in [5.41, 5.74) is 0. The quantitative estimate of drug-likeness (QED) is 0.762. The monoisotopic (exact) mass is 233 g/mol. The van der Waals surface area contributed by atoms with E-state index in [1.54, 1.807) is 0 Å². The molecular formula is C15H23NO. The van der Waals surface area contributed by atoms with Crippen LogP contribution in [0, 0.1) is 5.92 Å². The molecule has 1 aliphatic carbocycles. The fourth-order valence-electron chi connectivity index (χ4n) is 2.72. The molecule has 0 radical (unpaired) electrons. The summed E-state index contributed by atoms with van der Waals surface area (Å²) in [6.07, 6.45) is 5.42. The number of benzene rings is 1. The van der Waals surface area contributed by atoms with Crippen LogP contribution in [0.1, 0.15) is 32.6 Å². The molecule has 0 saturated heterocycles. The molecule has 0 amide bonds. The number of ether oxygens (including phenoxy) is 1. The zero-order valence-corrected chi connectivity index (χ0v) is 10.7. The van der Waals surface area contributed by atoms with Crippen molar-refractivity contribution in [3.63, 3.8) is 0 Å². The third kappa shape index (κ3) is 3.74. The molecule has 1 saturated carbocycles. The van der Waals surface area contributed by atoms with E-state index in [9.17, 15) is 0 Å². The van der Waals surface area contributed by atoms with Gasteiger partial charge in [-0.2, -0.15) is 0 Å². The fourth-order valence-corrected chi connectivity index (χ4v) is 2.72. The second-order valence-electron chi connectivity index (χ2n) is 4.82. The summed E-state index contributed by atoms with van der Waals surface area (Å²) in [4.78, 5) is 0. The van der Waals surface area contributed by atoms with E-state index in [0.717, 1.165) is 30.9 Å². The minimum absolute atomic E-state index is 0.722. The molecule has 2 atom stereocenters. The lowest BCUT2D eigenvalue weighted by Gasteiger charge is -2.19. The summed E-state index contributed by atoms with van der Waals surface area (Å²) in [6, 6.07) is 10.8. The molecule has 2 unspecified atom stereocenters. The van der Waals surface area contributed by atoms with Gasteiger partial charge in [-0.1, -0.05) is 38.0 Å². The Bertz CT molecular complexity index is 312. The molecule has 0 spiro atoms. The Balaban J connectivity index is 1.63. The average molecular weight is 233 g/mol. The van der Waals surface area contributed by atoms with Gasteiger partial charge >= 0.3 is 0 Å². The highest BCUT2D eigenvalue weighted by Gasteiger charge is 2.24. The highest BCUT2D eigenvalue weighted by molar-refractivity contribution is 5.20. The lowest BCUT2D eigenvalue weighted by molar-refractivity contribution is 0.292. The fraction of sp³-hybridized carbons (Fsp3) is 0.600. The maximum absolute atomic E-state index is 5.67. The molecule has 17 heavy (non-hydrogen) atoms. The molecule has 0 aromatic heterocycles. The molecular weight excluding hydrogens is 210 g/mol. The molecule has 2 rings (SSSR count). The van der Waals surface area contributed by atoms with E-state index in [-0.39, 0.29) is 0 Å². The van der Waals surface area contributed by atoms with E-state index in [2.05, 4.69) is 12.2 Å². The highest BCUT2D eigenvalue weighted by Crippen LogP contribution is 2.27. The van der Waals surface area contributed by atoms with Gasteiger partial charge in [-0.15, -0.1) is 0 Å². The van der Waals surface area contributed by atoms with Crippen molar-refractivity contribution in [3.05, 3.63) is 30.3 Å². The minimum Gasteiger partial charge on any atom is -0.492 e. The second kappa shape index (κ2) is 6.65. The first-order valence-corrected chi connectivity index (χ1v) is 6.81. The van der Waals surface area contributed by atoms with Crippen LogP contribution < -0.4 is 10.1 Å². The van der Waals surface area contributed by atoms with Crippen molar-refractivity contribution in [1.82, 2.24) is 5.32 Å². The molecule has 0 heterocycles. The Morgan fingerprint density at radius 2 is 2.06 bits per heavy atom. The van der Waals surface area contributed by atoms with Crippen molar-refractivity contribution in [2.75, 3.05) is 13.2 Å². The molecule has 0 bridgehead atoms. The molecule has 1 aliphatic rings. The van der Waals surface area contributed by atoms with E-state index in [0.29, 0.717) is 0 Å². The van der Waals surface area contributed by atoms with Crippen LogP contribution in [0.4, 0.5) is 0 Å². The smallest absolute Gasteiger partial charge is 0.119 e. The van der Waals surface area contributed by atoms with Crippen molar-refractivity contribution in [2.24, 2.45) is 5.92 Å². The summed E-state index contributed by atoms with van der Waals surface area (Å²) in [5, 5.41) is 3.63. The first kappa shape index (κ1) is 12.4. The zero-order valence-electron chi connectivity index (χ0n) is 10.7. The van der Waals surface area contributed by atoms with Gasteiger partial charge in [-0.05, 0) is 30.9 Å². The first-order valence-electron chi connectivity index (χ1n) is 6.81. The van der Waals surface area contributed by atoms with Crippen molar-refractivity contribution >= 4 is 0 Å². The largest absolute Gasteiger partial charge is 0.492 e. The molecule has 1 aromatic rings. The molecule has 94 valence electrons. The Morgan fingerprint density at radius 3 is 2.82 bits per heavy atom. The maximum atomic E-state index is 5.67. The topological polar surface area (TPSA) is 21.3 Å². The Kier molecular flexibility index (Phi) is 4.87. The van der Waals surface area contributed by atoms with E-state index >= 15 is 0 Å². The van der Waals surface area contributed by atoms with E-state index in [1.165, 1.54) is 25.7 Å². The molecule has 2 heteroatoms. The van der Waals surface area contributed by atoms with Gasteiger partial charge in [0.15, 0.2) is 0 Å². The van der Waals surface area contributed by atoms with Gasteiger partial charge in [-0.25, -0.2) is 0 Å². The lowest BCUT2D eigenvalue weighted by Crippen LogP contribution is -2.35. The van der Waals surface area contributed by atoms with Gasteiger partial charge in [0.1, 0.15) is 12.4 Å². The average Bonchev–Trinajstić information content (AvgIpc) is 2.83. The SMILES string of the molecule is CCC1CCCC1NCCOc1ccccc1. The van der Waals surface area contributed by atoms with Crippen molar-refractivity contribution < 1.29 is 4.74 Å². The third-order valence-electron chi connectivity index (χ3n) is 3.70. The molecule has 1 aromatic carbocycles. The third-order valence-corrected chi connectivity index (χ3v) is 3.70. The normalized spacial score (nSPS) is 23.8. The Hall–Kier alpha value is -1.02. The predicted octanol–water partition coefficient (Wildman–Crippen LogP) is 3.23. The standard InChI is InChI=1S/C15H23NO/c1-2-13-7-6-10-15(13)16-11-12-17-14-8-4-3-5-9-14/h3-5,8-9,13,15-16H,2,6-7,10-12H2,1H3. The number of para-hydroxylation sites is 1. The van der Waals surface area contributed by atoms with Crippen LogP contribution in [0.5, 0.6) is 5.75 Å². The molecule has 1 fully saturated rings. The van der Waals surface area contributed by atoms with Crippen LogP contribution in [0.25, 0.3) is 0 Å².